The van der Waals surface area contributed by atoms with E-state index in [1.807, 2.05) is 22.6 Å². The van der Waals surface area contributed by atoms with Crippen LogP contribution in [0.3, 0.4) is 0 Å². The Morgan fingerprint density at radius 3 is 2.44 bits per heavy atom. The van der Waals surface area contributed by atoms with Gasteiger partial charge < -0.3 is 10.1 Å². The molecule has 0 radical (unpaired) electrons. The molecule has 4 rings (SSSR count). The van der Waals surface area contributed by atoms with Gasteiger partial charge in [-0.2, -0.15) is 0 Å². The van der Waals surface area contributed by atoms with E-state index in [0.29, 0.717) is 9.13 Å². The van der Waals surface area contributed by atoms with Crippen LogP contribution in [0, 0.1) is 21.0 Å². The maximum absolute atomic E-state index is 14.5. The largest absolute Gasteiger partial charge is 0.494 e. The van der Waals surface area contributed by atoms with E-state index in [1.54, 1.807) is 6.07 Å². The number of aromatic nitrogens is 1. The first kappa shape index (κ1) is 24.4. The lowest BCUT2D eigenvalue weighted by atomic mass is 10.1. The van der Waals surface area contributed by atoms with Gasteiger partial charge in [-0.3, -0.25) is 14.1 Å². The number of hydrogen-bond acceptors (Lipinski definition) is 5. The Labute approximate surface area is 207 Å². The highest BCUT2D eigenvalue weighted by molar-refractivity contribution is 14.1. The molecule has 1 aromatic heterocycles. The van der Waals surface area contributed by atoms with Crippen molar-refractivity contribution < 1.29 is 26.3 Å². The number of hydrogen-bond donors (Lipinski definition) is 2. The van der Waals surface area contributed by atoms with Crippen molar-refractivity contribution in [3.8, 4) is 5.75 Å². The summed E-state index contributed by atoms with van der Waals surface area (Å²) in [6.07, 6.45) is 0.197. The van der Waals surface area contributed by atoms with Crippen LogP contribution in [0.4, 0.5) is 30.4 Å². The molecule has 2 N–H and O–H groups in total. The monoisotopic (exact) mass is 605 g/mol. The van der Waals surface area contributed by atoms with Gasteiger partial charge in [0.2, 0.25) is 10.0 Å². The van der Waals surface area contributed by atoms with E-state index in [0.717, 1.165) is 22.8 Å². The zero-order valence-corrected chi connectivity index (χ0v) is 20.9. The normalized spacial score (nSPS) is 17.4. The van der Waals surface area contributed by atoms with Crippen LogP contribution in [0.2, 0.25) is 0 Å². The summed E-state index contributed by atoms with van der Waals surface area (Å²) >= 11 is 1.95. The summed E-state index contributed by atoms with van der Waals surface area (Å²) in [7, 11) is -1.39. The third kappa shape index (κ3) is 4.73. The van der Waals surface area contributed by atoms with Gasteiger partial charge in [-0.1, -0.05) is 6.07 Å². The molecule has 12 heteroatoms. The number of sulfonamides is 1. The van der Waals surface area contributed by atoms with E-state index in [4.69, 9.17) is 4.74 Å². The van der Waals surface area contributed by atoms with E-state index in [-0.39, 0.29) is 29.4 Å². The fourth-order valence-corrected chi connectivity index (χ4v) is 5.76. The third-order valence-electron chi connectivity index (χ3n) is 5.55. The molecule has 0 amide bonds. The number of methoxy groups -OCH3 is 1. The number of nitrogens with one attached hydrogen (secondary N) is 2. The maximum atomic E-state index is 14.5. The Kier molecular flexibility index (Phi) is 6.55. The summed E-state index contributed by atoms with van der Waals surface area (Å²) in [5, 5.41) is 1.86. The van der Waals surface area contributed by atoms with Crippen LogP contribution in [0.1, 0.15) is 17.9 Å². The van der Waals surface area contributed by atoms with Gasteiger partial charge in [-0.25, -0.2) is 21.6 Å². The maximum Gasteiger partial charge on any atom is 0.255 e. The molecule has 2 unspecified atom stereocenters. The molecule has 1 aliphatic rings. The van der Waals surface area contributed by atoms with E-state index in [1.165, 1.54) is 32.4 Å². The first-order valence-corrected chi connectivity index (χ1v) is 12.6. The van der Waals surface area contributed by atoms with Gasteiger partial charge >= 0.3 is 0 Å². The first-order valence-electron chi connectivity index (χ1n) is 9.98. The molecule has 1 saturated carbocycles. The van der Waals surface area contributed by atoms with Gasteiger partial charge in [0, 0.05) is 22.6 Å². The quantitative estimate of drug-likeness (QED) is 0.389. The Bertz CT molecular complexity index is 1450. The molecular weight excluding hydrogens is 586 g/mol. The van der Waals surface area contributed by atoms with Crippen LogP contribution in [0.5, 0.6) is 5.75 Å². The van der Waals surface area contributed by atoms with Crippen LogP contribution in [0.15, 0.2) is 47.3 Å². The smallest absolute Gasteiger partial charge is 0.255 e. The highest BCUT2D eigenvalue weighted by atomic mass is 127. The molecule has 2 atom stereocenters. The van der Waals surface area contributed by atoms with Crippen molar-refractivity contribution >= 4 is 49.8 Å². The molecule has 0 saturated heterocycles. The molecule has 1 fully saturated rings. The predicted octanol–water partition coefficient (Wildman–Crippen LogP) is 4.46. The molecular formula is C22H19F3IN3O4S. The number of anilines is 3. The summed E-state index contributed by atoms with van der Waals surface area (Å²) in [4.78, 5) is 12.4. The molecule has 3 aromatic rings. The second-order valence-corrected chi connectivity index (χ2v) is 10.9. The minimum atomic E-state index is -4.05. The fraction of sp³-hybridized carbons (Fsp3) is 0.227. The van der Waals surface area contributed by atoms with Gasteiger partial charge in [0.1, 0.15) is 17.3 Å². The van der Waals surface area contributed by atoms with E-state index >= 15 is 0 Å². The van der Waals surface area contributed by atoms with Crippen molar-refractivity contribution in [2.75, 3.05) is 17.1 Å². The molecule has 180 valence electrons. The van der Waals surface area contributed by atoms with Crippen molar-refractivity contribution in [2.45, 2.75) is 17.6 Å². The second-order valence-electron chi connectivity index (χ2n) is 7.78. The Morgan fingerprint density at radius 2 is 1.79 bits per heavy atom. The number of rotatable bonds is 7. The number of ether oxygens (including phenoxy) is 1. The van der Waals surface area contributed by atoms with E-state index in [2.05, 4.69) is 10.0 Å². The topological polar surface area (TPSA) is 89.4 Å². The molecule has 1 aliphatic carbocycles. The second kappa shape index (κ2) is 9.13. The number of benzene rings is 2. The first-order chi connectivity index (χ1) is 16.0. The Balaban J connectivity index is 1.70. The number of pyridine rings is 1. The van der Waals surface area contributed by atoms with Crippen molar-refractivity contribution in [1.82, 2.24) is 4.57 Å². The molecule has 7 nitrogen and oxygen atoms in total. The molecule has 0 spiro atoms. The van der Waals surface area contributed by atoms with Crippen LogP contribution < -0.4 is 20.3 Å². The number of halogens is 4. The van der Waals surface area contributed by atoms with Crippen molar-refractivity contribution in [1.29, 1.82) is 0 Å². The minimum Gasteiger partial charge on any atom is -0.494 e. The van der Waals surface area contributed by atoms with Crippen LogP contribution in [0.25, 0.3) is 0 Å². The summed E-state index contributed by atoms with van der Waals surface area (Å²) in [6, 6.07) is 8.76. The van der Waals surface area contributed by atoms with Crippen molar-refractivity contribution in [2.24, 2.45) is 7.05 Å². The van der Waals surface area contributed by atoms with Crippen LogP contribution in [-0.4, -0.2) is 25.3 Å². The standard InChI is InChI=1S/C22H19F3IN3O4S/c1-29-20(30)10-18(33-2)21(22(29)27-17-6-4-12(26)8-16(17)25)28-34(31,32)19-9-13(19)11-3-5-14(23)15(24)7-11/h3-8,10,13,19,27-28H,9H2,1-2H3. The van der Waals surface area contributed by atoms with Gasteiger partial charge in [0.15, 0.2) is 17.4 Å². The third-order valence-corrected chi connectivity index (χ3v) is 8.03. The fourth-order valence-electron chi connectivity index (χ4n) is 3.63. The molecule has 34 heavy (non-hydrogen) atoms. The zero-order chi connectivity index (χ0) is 24.8. The summed E-state index contributed by atoms with van der Waals surface area (Å²) in [5.74, 6) is -3.30. The van der Waals surface area contributed by atoms with Gasteiger partial charge in [-0.15, -0.1) is 0 Å². The predicted molar refractivity (Wildman–Crippen MR) is 131 cm³/mol. The van der Waals surface area contributed by atoms with Gasteiger partial charge in [0.05, 0.1) is 18.0 Å². The van der Waals surface area contributed by atoms with Crippen molar-refractivity contribution in [3.05, 3.63) is 79.4 Å². The minimum absolute atomic E-state index is 0.0233. The Morgan fingerprint density at radius 1 is 1.06 bits per heavy atom. The lowest BCUT2D eigenvalue weighted by molar-refractivity contribution is 0.415. The Hall–Kier alpha value is -2.74. The highest BCUT2D eigenvalue weighted by Crippen LogP contribution is 2.47. The molecule has 0 bridgehead atoms. The van der Waals surface area contributed by atoms with E-state index in [9.17, 15) is 26.4 Å². The van der Waals surface area contributed by atoms with Crippen LogP contribution >= 0.6 is 22.6 Å². The molecule has 0 aliphatic heterocycles. The SMILES string of the molecule is COc1cc(=O)n(C)c(Nc2ccc(I)cc2F)c1NS(=O)(=O)C1CC1c1ccc(F)c(F)c1. The lowest BCUT2D eigenvalue weighted by Gasteiger charge is -2.20. The number of nitrogens with zero attached hydrogens (tertiary/aromatic N) is 1. The zero-order valence-electron chi connectivity index (χ0n) is 17.9. The van der Waals surface area contributed by atoms with Gasteiger partial charge in [0.25, 0.3) is 5.56 Å². The summed E-state index contributed by atoms with van der Waals surface area (Å²) in [5.41, 5.74) is -0.214. The average molecular weight is 605 g/mol. The van der Waals surface area contributed by atoms with E-state index < -0.39 is 44.2 Å². The summed E-state index contributed by atoms with van der Waals surface area (Å²) < 4.78 is 77.1. The average Bonchev–Trinajstić information content (AvgIpc) is 3.58. The lowest BCUT2D eigenvalue weighted by Crippen LogP contribution is -2.25. The van der Waals surface area contributed by atoms with Crippen LogP contribution in [-0.2, 0) is 17.1 Å². The van der Waals surface area contributed by atoms with Gasteiger partial charge in [-0.05, 0) is 64.9 Å². The molecule has 2 aromatic carbocycles. The summed E-state index contributed by atoms with van der Waals surface area (Å²) in [6.45, 7) is 0. The molecule has 1 heterocycles. The highest BCUT2D eigenvalue weighted by Gasteiger charge is 2.49. The van der Waals surface area contributed by atoms with Crippen molar-refractivity contribution in [3.63, 3.8) is 0 Å².